The standard InChI is InChI=1S/C15H17ClN6/c1-2-22-11-6-4-3-5-10(11)19-14(22)7-8-18-13-9-12(16)20-15(17)21-13/h3-6,9H,2,7-8H2,1H3,(H3,17,18,20,21). The van der Waals surface area contributed by atoms with Gasteiger partial charge in [0.1, 0.15) is 16.8 Å². The molecule has 0 radical (unpaired) electrons. The molecule has 0 atom stereocenters. The van der Waals surface area contributed by atoms with Crippen LogP contribution >= 0.6 is 11.6 Å². The molecule has 22 heavy (non-hydrogen) atoms. The molecule has 3 aromatic rings. The molecule has 0 unspecified atom stereocenters. The highest BCUT2D eigenvalue weighted by molar-refractivity contribution is 6.29. The number of nitrogens with one attached hydrogen (secondary N) is 1. The molecule has 0 bridgehead atoms. The lowest BCUT2D eigenvalue weighted by Crippen LogP contribution is -2.11. The van der Waals surface area contributed by atoms with Crippen LogP contribution in [-0.4, -0.2) is 26.1 Å². The highest BCUT2D eigenvalue weighted by Gasteiger charge is 2.08. The predicted octanol–water partition coefficient (Wildman–Crippen LogP) is 2.74. The number of aryl methyl sites for hydroxylation is 1. The van der Waals surface area contributed by atoms with E-state index in [4.69, 9.17) is 17.3 Å². The van der Waals surface area contributed by atoms with Gasteiger partial charge in [-0.3, -0.25) is 0 Å². The number of halogens is 1. The Bertz CT molecular complexity index is 778. The fraction of sp³-hybridized carbons (Fsp3) is 0.267. The summed E-state index contributed by atoms with van der Waals surface area (Å²) in [6.45, 7) is 3.70. The summed E-state index contributed by atoms with van der Waals surface area (Å²) >= 11 is 5.86. The highest BCUT2D eigenvalue weighted by atomic mass is 35.5. The molecule has 0 saturated heterocycles. The van der Waals surface area contributed by atoms with Crippen LogP contribution in [0.5, 0.6) is 0 Å². The molecule has 0 spiro atoms. The topological polar surface area (TPSA) is 81.7 Å². The van der Waals surface area contributed by atoms with Crippen LogP contribution in [0, 0.1) is 0 Å². The van der Waals surface area contributed by atoms with Crippen molar-refractivity contribution in [3.63, 3.8) is 0 Å². The first-order valence-electron chi connectivity index (χ1n) is 7.15. The van der Waals surface area contributed by atoms with E-state index in [0.29, 0.717) is 17.5 Å². The first-order valence-corrected chi connectivity index (χ1v) is 7.53. The van der Waals surface area contributed by atoms with Crippen molar-refractivity contribution in [1.82, 2.24) is 19.5 Å². The van der Waals surface area contributed by atoms with E-state index < -0.39 is 0 Å². The minimum atomic E-state index is 0.163. The van der Waals surface area contributed by atoms with Gasteiger partial charge >= 0.3 is 0 Å². The fourth-order valence-corrected chi connectivity index (χ4v) is 2.69. The van der Waals surface area contributed by atoms with Crippen molar-refractivity contribution in [2.75, 3.05) is 17.6 Å². The van der Waals surface area contributed by atoms with Crippen molar-refractivity contribution in [2.24, 2.45) is 0 Å². The van der Waals surface area contributed by atoms with E-state index in [1.54, 1.807) is 6.07 Å². The first-order chi connectivity index (χ1) is 10.7. The molecular formula is C15H17ClN6. The highest BCUT2D eigenvalue weighted by Crippen LogP contribution is 2.17. The molecule has 2 aromatic heterocycles. The Kier molecular flexibility index (Phi) is 4.11. The Balaban J connectivity index is 1.74. The van der Waals surface area contributed by atoms with E-state index in [1.807, 2.05) is 18.2 Å². The van der Waals surface area contributed by atoms with Gasteiger partial charge in [0, 0.05) is 25.6 Å². The number of anilines is 2. The van der Waals surface area contributed by atoms with E-state index in [9.17, 15) is 0 Å². The molecule has 1 aromatic carbocycles. The number of nitrogens with zero attached hydrogens (tertiary/aromatic N) is 4. The monoisotopic (exact) mass is 316 g/mol. The number of hydrogen-bond donors (Lipinski definition) is 2. The first kappa shape index (κ1) is 14.6. The summed E-state index contributed by atoms with van der Waals surface area (Å²) < 4.78 is 2.22. The molecule has 6 nitrogen and oxygen atoms in total. The third kappa shape index (κ3) is 2.96. The smallest absolute Gasteiger partial charge is 0.223 e. The summed E-state index contributed by atoms with van der Waals surface area (Å²) in [4.78, 5) is 12.6. The summed E-state index contributed by atoms with van der Waals surface area (Å²) in [5.41, 5.74) is 7.76. The number of rotatable bonds is 5. The molecule has 114 valence electrons. The summed E-state index contributed by atoms with van der Waals surface area (Å²) in [6.07, 6.45) is 0.782. The van der Waals surface area contributed by atoms with Gasteiger partial charge in [0.05, 0.1) is 11.0 Å². The summed E-state index contributed by atoms with van der Waals surface area (Å²) in [6, 6.07) is 9.81. The van der Waals surface area contributed by atoms with E-state index in [0.717, 1.165) is 29.8 Å². The Labute approximate surface area is 133 Å². The molecule has 2 heterocycles. The maximum atomic E-state index is 5.86. The molecule has 0 fully saturated rings. The van der Waals surface area contributed by atoms with E-state index in [2.05, 4.69) is 37.8 Å². The number of hydrogen-bond acceptors (Lipinski definition) is 5. The van der Waals surface area contributed by atoms with Gasteiger partial charge in [-0.2, -0.15) is 4.98 Å². The maximum Gasteiger partial charge on any atom is 0.223 e. The lowest BCUT2D eigenvalue weighted by molar-refractivity contribution is 0.717. The molecule has 3 rings (SSSR count). The van der Waals surface area contributed by atoms with Crippen LogP contribution in [0.2, 0.25) is 5.15 Å². The summed E-state index contributed by atoms with van der Waals surface area (Å²) in [5, 5.41) is 3.53. The van der Waals surface area contributed by atoms with Gasteiger partial charge in [0.2, 0.25) is 5.95 Å². The SMILES string of the molecule is CCn1c(CCNc2cc(Cl)nc(N)n2)nc2ccccc21. The van der Waals surface area contributed by atoms with Gasteiger partial charge < -0.3 is 15.6 Å². The zero-order chi connectivity index (χ0) is 15.5. The van der Waals surface area contributed by atoms with Crippen LogP contribution in [-0.2, 0) is 13.0 Å². The summed E-state index contributed by atoms with van der Waals surface area (Å²) in [5.74, 6) is 1.83. The normalized spacial score (nSPS) is 11.0. The van der Waals surface area contributed by atoms with Crippen LogP contribution in [0.25, 0.3) is 11.0 Å². The second kappa shape index (κ2) is 6.19. The molecule has 0 amide bonds. The van der Waals surface area contributed by atoms with Crippen molar-refractivity contribution in [2.45, 2.75) is 19.9 Å². The van der Waals surface area contributed by atoms with Crippen LogP contribution in [0.1, 0.15) is 12.7 Å². The lowest BCUT2D eigenvalue weighted by atomic mass is 10.3. The second-order valence-corrected chi connectivity index (χ2v) is 5.26. The Hall–Kier alpha value is -2.34. The molecule has 0 aliphatic rings. The summed E-state index contributed by atoms with van der Waals surface area (Å²) in [7, 11) is 0. The van der Waals surface area contributed by atoms with Gasteiger partial charge in [0.25, 0.3) is 0 Å². The van der Waals surface area contributed by atoms with E-state index in [-0.39, 0.29) is 5.95 Å². The van der Waals surface area contributed by atoms with E-state index >= 15 is 0 Å². The van der Waals surface area contributed by atoms with Gasteiger partial charge in [-0.15, -0.1) is 0 Å². The van der Waals surface area contributed by atoms with Crippen molar-refractivity contribution < 1.29 is 0 Å². The van der Waals surface area contributed by atoms with Gasteiger partial charge in [-0.1, -0.05) is 23.7 Å². The van der Waals surface area contributed by atoms with Crippen LogP contribution < -0.4 is 11.1 Å². The largest absolute Gasteiger partial charge is 0.369 e. The van der Waals surface area contributed by atoms with Gasteiger partial charge in [-0.05, 0) is 19.1 Å². The zero-order valence-corrected chi connectivity index (χ0v) is 13.0. The number of para-hydroxylation sites is 2. The van der Waals surface area contributed by atoms with E-state index in [1.165, 1.54) is 0 Å². The zero-order valence-electron chi connectivity index (χ0n) is 12.3. The average Bonchev–Trinajstić information content (AvgIpc) is 2.83. The number of aromatic nitrogens is 4. The fourth-order valence-electron chi connectivity index (χ4n) is 2.50. The minimum absolute atomic E-state index is 0.163. The second-order valence-electron chi connectivity index (χ2n) is 4.87. The molecule has 3 N–H and O–H groups in total. The molecular weight excluding hydrogens is 300 g/mol. The molecule has 0 saturated carbocycles. The predicted molar refractivity (Wildman–Crippen MR) is 89.1 cm³/mol. The van der Waals surface area contributed by atoms with Crippen LogP contribution in [0.15, 0.2) is 30.3 Å². The Morgan fingerprint density at radius 1 is 1.23 bits per heavy atom. The van der Waals surface area contributed by atoms with Crippen molar-refractivity contribution in [3.05, 3.63) is 41.3 Å². The number of fused-ring (bicyclic) bond motifs is 1. The third-order valence-electron chi connectivity index (χ3n) is 3.42. The third-order valence-corrected chi connectivity index (χ3v) is 3.61. The van der Waals surface area contributed by atoms with Gasteiger partial charge in [0.15, 0.2) is 0 Å². The van der Waals surface area contributed by atoms with Crippen LogP contribution in [0.4, 0.5) is 11.8 Å². The minimum Gasteiger partial charge on any atom is -0.369 e. The quantitative estimate of drug-likeness (QED) is 0.707. The van der Waals surface area contributed by atoms with Crippen molar-refractivity contribution in [3.8, 4) is 0 Å². The Morgan fingerprint density at radius 3 is 2.82 bits per heavy atom. The molecule has 0 aliphatic carbocycles. The van der Waals surface area contributed by atoms with Crippen LogP contribution in [0.3, 0.4) is 0 Å². The Morgan fingerprint density at radius 2 is 2.05 bits per heavy atom. The van der Waals surface area contributed by atoms with Crippen molar-refractivity contribution >= 4 is 34.4 Å². The lowest BCUT2D eigenvalue weighted by Gasteiger charge is -2.08. The number of nitrogens with two attached hydrogens (primary N) is 1. The maximum absolute atomic E-state index is 5.86. The molecule has 0 aliphatic heterocycles. The van der Waals surface area contributed by atoms with Gasteiger partial charge in [-0.25, -0.2) is 9.97 Å². The number of nitrogen functional groups attached to an aromatic ring is 1. The average molecular weight is 317 g/mol. The van der Waals surface area contributed by atoms with Crippen molar-refractivity contribution in [1.29, 1.82) is 0 Å². The molecule has 7 heteroatoms. The number of imidazole rings is 1. The number of benzene rings is 1.